The number of carbonyl (C=O) groups excluding carboxylic acids is 2. The normalized spacial score (nSPS) is 12.7. The summed E-state index contributed by atoms with van der Waals surface area (Å²) in [6.07, 6.45) is 3.04. The van der Waals surface area contributed by atoms with Crippen LogP contribution in [0.2, 0.25) is 0 Å². The fraction of sp³-hybridized carbons (Fsp3) is 0.632. The third kappa shape index (κ3) is 8.92. The third-order valence-electron chi connectivity index (χ3n) is 3.57. The highest BCUT2D eigenvalue weighted by atomic mass is 16.6. The van der Waals surface area contributed by atoms with E-state index < -0.39 is 11.5 Å². The van der Waals surface area contributed by atoms with Gasteiger partial charge in [-0.1, -0.05) is 19.9 Å². The molecule has 0 aliphatic heterocycles. The maximum Gasteiger partial charge on any atom is 0.323 e. The van der Waals surface area contributed by atoms with Crippen LogP contribution in [0.5, 0.6) is 0 Å². The topological polar surface area (TPSA) is 101 Å². The van der Waals surface area contributed by atoms with Crippen molar-refractivity contribution < 1.29 is 19.5 Å². The Kier molecular flexibility index (Phi) is 8.68. The number of hydrogen-bond donors (Lipinski definition) is 3. The summed E-state index contributed by atoms with van der Waals surface area (Å²) in [7, 11) is 0. The van der Waals surface area contributed by atoms with Crippen LogP contribution in [-0.2, 0) is 27.3 Å². The third-order valence-corrected chi connectivity index (χ3v) is 3.57. The van der Waals surface area contributed by atoms with Gasteiger partial charge in [-0.15, -0.1) is 0 Å². The zero-order chi connectivity index (χ0) is 19.7. The zero-order valence-electron chi connectivity index (χ0n) is 16.3. The number of rotatable bonds is 9. The number of carbonyl (C=O) groups is 2. The Labute approximate surface area is 155 Å². The van der Waals surface area contributed by atoms with Gasteiger partial charge >= 0.3 is 5.97 Å². The Hall–Kier alpha value is -1.99. The minimum Gasteiger partial charge on any atom is -0.459 e. The molecule has 0 unspecified atom stereocenters. The highest BCUT2D eigenvalue weighted by molar-refractivity contribution is 5.76. The second kappa shape index (κ2) is 10.2. The number of amides is 1. The molecule has 0 aliphatic carbocycles. The Morgan fingerprint density at radius 2 is 1.96 bits per heavy atom. The van der Waals surface area contributed by atoms with Crippen molar-refractivity contribution in [3.05, 3.63) is 29.6 Å². The first-order valence-corrected chi connectivity index (χ1v) is 8.93. The molecule has 1 atom stereocenters. The predicted molar refractivity (Wildman–Crippen MR) is 98.4 cm³/mol. The van der Waals surface area contributed by atoms with Crippen LogP contribution in [-0.4, -0.2) is 33.7 Å². The molecule has 0 aliphatic rings. The second-order valence-corrected chi connectivity index (χ2v) is 7.79. The number of hydrogen-bond acceptors (Lipinski definition) is 6. The van der Waals surface area contributed by atoms with E-state index in [2.05, 4.69) is 24.1 Å². The summed E-state index contributed by atoms with van der Waals surface area (Å²) in [4.78, 5) is 27.7. The van der Waals surface area contributed by atoms with Crippen molar-refractivity contribution in [3.8, 4) is 0 Å². The van der Waals surface area contributed by atoms with E-state index in [1.807, 2.05) is 32.9 Å². The number of aryl methyl sites for hydroxylation is 1. The Morgan fingerprint density at radius 1 is 1.27 bits per heavy atom. The van der Waals surface area contributed by atoms with Crippen molar-refractivity contribution in [1.82, 2.24) is 15.8 Å². The van der Waals surface area contributed by atoms with Crippen LogP contribution < -0.4 is 10.8 Å². The van der Waals surface area contributed by atoms with Gasteiger partial charge in [0.05, 0.1) is 0 Å². The molecule has 0 spiro atoms. The first-order chi connectivity index (χ1) is 12.1. The first-order valence-electron chi connectivity index (χ1n) is 8.93. The molecule has 146 valence electrons. The molecule has 1 heterocycles. The van der Waals surface area contributed by atoms with Gasteiger partial charge in [0, 0.05) is 24.9 Å². The van der Waals surface area contributed by atoms with Crippen molar-refractivity contribution >= 4 is 11.9 Å². The van der Waals surface area contributed by atoms with Gasteiger partial charge in [-0.25, -0.2) is 5.48 Å². The van der Waals surface area contributed by atoms with Gasteiger partial charge in [0.15, 0.2) is 0 Å². The highest BCUT2D eigenvalue weighted by Gasteiger charge is 2.25. The maximum absolute atomic E-state index is 12.4. The molecule has 0 saturated carbocycles. The van der Waals surface area contributed by atoms with E-state index in [4.69, 9.17) is 9.94 Å². The van der Waals surface area contributed by atoms with Crippen LogP contribution in [0.4, 0.5) is 0 Å². The fourth-order valence-corrected chi connectivity index (χ4v) is 2.35. The zero-order valence-corrected chi connectivity index (χ0v) is 16.3. The lowest BCUT2D eigenvalue weighted by Crippen LogP contribution is -2.41. The average molecular weight is 365 g/mol. The van der Waals surface area contributed by atoms with Crippen molar-refractivity contribution in [2.24, 2.45) is 5.92 Å². The van der Waals surface area contributed by atoms with E-state index in [1.54, 1.807) is 11.7 Å². The van der Waals surface area contributed by atoms with Crippen molar-refractivity contribution in [2.75, 3.05) is 0 Å². The van der Waals surface area contributed by atoms with Crippen LogP contribution in [0.15, 0.2) is 18.3 Å². The number of hydroxylamine groups is 1. The van der Waals surface area contributed by atoms with Crippen LogP contribution in [0.25, 0.3) is 0 Å². The van der Waals surface area contributed by atoms with Crippen molar-refractivity contribution in [2.45, 2.75) is 72.1 Å². The van der Waals surface area contributed by atoms with Gasteiger partial charge in [-0.3, -0.25) is 19.8 Å². The summed E-state index contributed by atoms with van der Waals surface area (Å²) in [5.74, 6) is -0.324. The molecule has 0 fully saturated rings. The number of aromatic nitrogens is 1. The molecule has 3 N–H and O–H groups in total. The average Bonchev–Trinajstić information content (AvgIpc) is 2.55. The molecule has 7 heteroatoms. The molecular formula is C19H31N3O4. The van der Waals surface area contributed by atoms with Crippen LogP contribution in [0, 0.1) is 5.92 Å². The molecule has 0 radical (unpaired) electrons. The van der Waals surface area contributed by atoms with E-state index in [0.29, 0.717) is 25.3 Å². The van der Waals surface area contributed by atoms with Gasteiger partial charge < -0.3 is 10.1 Å². The van der Waals surface area contributed by atoms with E-state index >= 15 is 0 Å². The molecule has 1 aromatic heterocycles. The Bertz CT molecular complexity index is 579. The molecule has 0 aromatic carbocycles. The lowest BCUT2D eigenvalue weighted by molar-refractivity contribution is -0.158. The van der Waals surface area contributed by atoms with Crippen molar-refractivity contribution in [1.29, 1.82) is 0 Å². The quantitative estimate of drug-likeness (QED) is 0.353. The number of esters is 1. The summed E-state index contributed by atoms with van der Waals surface area (Å²) < 4.78 is 5.50. The number of pyridine rings is 1. The predicted octanol–water partition coefficient (Wildman–Crippen LogP) is 2.37. The molecule has 7 nitrogen and oxygen atoms in total. The van der Waals surface area contributed by atoms with E-state index in [1.165, 1.54) is 0 Å². The smallest absolute Gasteiger partial charge is 0.323 e. The largest absolute Gasteiger partial charge is 0.459 e. The van der Waals surface area contributed by atoms with Gasteiger partial charge in [-0.05, 0) is 51.2 Å². The lowest BCUT2D eigenvalue weighted by atomic mass is 10.0. The monoisotopic (exact) mass is 365 g/mol. The van der Waals surface area contributed by atoms with Gasteiger partial charge in [0.1, 0.15) is 11.6 Å². The maximum atomic E-state index is 12.4. The summed E-state index contributed by atoms with van der Waals surface area (Å²) in [5.41, 5.74) is 2.79. The highest BCUT2D eigenvalue weighted by Crippen LogP contribution is 2.13. The fourth-order valence-electron chi connectivity index (χ4n) is 2.35. The molecule has 0 bridgehead atoms. The first kappa shape index (κ1) is 22.1. The minimum atomic E-state index is -0.516. The SMILES string of the molecule is CC(C)C[C@H](NCc1ccc(CCC(=O)NO)nc1)C(=O)OC(C)(C)C. The molecule has 1 rings (SSSR count). The Morgan fingerprint density at radius 3 is 2.46 bits per heavy atom. The van der Waals surface area contributed by atoms with Gasteiger partial charge in [0.2, 0.25) is 5.91 Å². The molecule has 0 saturated heterocycles. The number of nitrogens with zero attached hydrogens (tertiary/aromatic N) is 1. The number of ether oxygens (including phenoxy) is 1. The van der Waals surface area contributed by atoms with Crippen molar-refractivity contribution in [3.63, 3.8) is 0 Å². The van der Waals surface area contributed by atoms with E-state index in [9.17, 15) is 9.59 Å². The van der Waals surface area contributed by atoms with Gasteiger partial charge in [-0.2, -0.15) is 0 Å². The minimum absolute atomic E-state index is 0.177. The molecule has 1 amide bonds. The van der Waals surface area contributed by atoms with Crippen LogP contribution in [0.1, 0.15) is 58.7 Å². The lowest BCUT2D eigenvalue weighted by Gasteiger charge is -2.25. The van der Waals surface area contributed by atoms with E-state index in [0.717, 1.165) is 11.3 Å². The Balaban J connectivity index is 2.61. The van der Waals surface area contributed by atoms with Crippen LogP contribution in [0.3, 0.4) is 0 Å². The molecule has 1 aromatic rings. The number of nitrogens with one attached hydrogen (secondary N) is 2. The standard InChI is InChI=1S/C19H31N3O4/c1-13(2)10-16(18(24)26-19(3,4)5)21-12-14-6-7-15(20-11-14)8-9-17(23)22-25/h6-7,11,13,16,21,25H,8-10,12H2,1-5H3,(H,22,23)/t16-/m0/s1. The van der Waals surface area contributed by atoms with Gasteiger partial charge in [0.25, 0.3) is 0 Å². The van der Waals surface area contributed by atoms with E-state index in [-0.39, 0.29) is 18.4 Å². The summed E-state index contributed by atoms with van der Waals surface area (Å²) >= 11 is 0. The summed E-state index contributed by atoms with van der Waals surface area (Å²) in [6, 6.07) is 3.38. The molecule has 26 heavy (non-hydrogen) atoms. The molecular weight excluding hydrogens is 334 g/mol. The second-order valence-electron chi connectivity index (χ2n) is 7.79. The summed E-state index contributed by atoms with van der Waals surface area (Å²) in [6.45, 7) is 10.2. The van der Waals surface area contributed by atoms with Crippen LogP contribution >= 0.6 is 0 Å². The summed E-state index contributed by atoms with van der Waals surface area (Å²) in [5, 5.41) is 11.7.